The standard InChI is InChI=1S/C29H33N7O3.C2H4O2/c1-33-13-15-34(16-14-33)21-8-10-22(11-9-21)35-18-24(27-28(30)31-19-32-29(27)35)20-7-12-26(25(17-20)36(37)38)39-23-5-3-2-4-6-23;1-2(3)4/h2-7,12,17-19,21-22H,8-11,13-16H2,1H3,(H2,30,31,32);1H3,(H,3,4)/t21-,22-;. The van der Waals surface area contributed by atoms with Crippen molar-refractivity contribution in [1.82, 2.24) is 24.3 Å². The third-order valence-electron chi connectivity index (χ3n) is 8.19. The van der Waals surface area contributed by atoms with E-state index < -0.39 is 10.9 Å². The van der Waals surface area contributed by atoms with Crippen LogP contribution in [0, 0.1) is 10.1 Å². The number of anilines is 1. The number of hydrogen-bond acceptors (Lipinski definition) is 9. The predicted octanol–water partition coefficient (Wildman–Crippen LogP) is 5.20. The molecule has 6 rings (SSSR count). The van der Waals surface area contributed by atoms with Gasteiger partial charge in [-0.15, -0.1) is 0 Å². The first-order valence-electron chi connectivity index (χ1n) is 14.5. The van der Waals surface area contributed by atoms with E-state index in [1.807, 2.05) is 30.5 Å². The number of ether oxygens (including phenoxy) is 1. The molecule has 0 bridgehead atoms. The van der Waals surface area contributed by atoms with Crippen LogP contribution in [0.5, 0.6) is 11.5 Å². The van der Waals surface area contributed by atoms with E-state index in [0.717, 1.165) is 75.4 Å². The van der Waals surface area contributed by atoms with Crippen molar-refractivity contribution in [3.05, 3.63) is 71.2 Å². The minimum absolute atomic E-state index is 0.111. The number of carboxylic acid groups (broad SMARTS) is 1. The first kappa shape index (κ1) is 29.9. The largest absolute Gasteiger partial charge is 0.481 e. The number of aromatic nitrogens is 3. The van der Waals surface area contributed by atoms with E-state index in [9.17, 15) is 10.1 Å². The minimum atomic E-state index is -0.833. The van der Waals surface area contributed by atoms with Gasteiger partial charge >= 0.3 is 5.69 Å². The maximum atomic E-state index is 12.0. The normalized spacial score (nSPS) is 19.4. The van der Waals surface area contributed by atoms with E-state index in [1.54, 1.807) is 24.3 Å². The molecule has 1 saturated carbocycles. The number of nitrogens with zero attached hydrogens (tertiary/aromatic N) is 6. The van der Waals surface area contributed by atoms with E-state index in [0.29, 0.717) is 23.2 Å². The van der Waals surface area contributed by atoms with E-state index in [4.69, 9.17) is 20.4 Å². The third-order valence-corrected chi connectivity index (χ3v) is 8.19. The van der Waals surface area contributed by atoms with E-state index in [2.05, 4.69) is 31.4 Å². The molecule has 0 atom stereocenters. The van der Waals surface area contributed by atoms with Gasteiger partial charge in [0.2, 0.25) is 5.75 Å². The van der Waals surface area contributed by atoms with Crippen LogP contribution in [0.4, 0.5) is 11.5 Å². The van der Waals surface area contributed by atoms with Crippen molar-refractivity contribution in [1.29, 1.82) is 0 Å². The number of fused-ring (bicyclic) bond motifs is 1. The molecule has 0 amide bonds. The second kappa shape index (κ2) is 13.2. The van der Waals surface area contributed by atoms with Crippen molar-refractivity contribution in [2.24, 2.45) is 0 Å². The number of aliphatic carboxylic acids is 1. The summed E-state index contributed by atoms with van der Waals surface area (Å²) in [5.41, 5.74) is 8.49. The number of carboxylic acids is 1. The second-order valence-electron chi connectivity index (χ2n) is 11.1. The molecular weight excluding hydrogens is 550 g/mol. The Morgan fingerprint density at radius 3 is 2.33 bits per heavy atom. The molecule has 12 heteroatoms. The highest BCUT2D eigenvalue weighted by Crippen LogP contribution is 2.41. The zero-order chi connectivity index (χ0) is 30.5. The van der Waals surface area contributed by atoms with Crippen LogP contribution in [-0.4, -0.2) is 79.6 Å². The molecule has 3 N–H and O–H groups in total. The number of nitrogens with two attached hydrogens (primary N) is 1. The molecule has 43 heavy (non-hydrogen) atoms. The van der Waals surface area contributed by atoms with Gasteiger partial charge in [-0.2, -0.15) is 0 Å². The minimum Gasteiger partial charge on any atom is -0.481 e. The highest BCUT2D eigenvalue weighted by atomic mass is 16.6. The zero-order valence-corrected chi connectivity index (χ0v) is 24.4. The quantitative estimate of drug-likeness (QED) is 0.227. The fourth-order valence-corrected chi connectivity index (χ4v) is 6.02. The Hall–Kier alpha value is -4.55. The zero-order valence-electron chi connectivity index (χ0n) is 24.4. The summed E-state index contributed by atoms with van der Waals surface area (Å²) in [6.45, 7) is 5.61. The van der Waals surface area contributed by atoms with E-state index in [1.165, 1.54) is 6.33 Å². The Balaban J connectivity index is 0.000000868. The van der Waals surface area contributed by atoms with Gasteiger partial charge in [0, 0.05) is 63.0 Å². The van der Waals surface area contributed by atoms with Crippen LogP contribution in [0.1, 0.15) is 38.6 Å². The van der Waals surface area contributed by atoms with Gasteiger partial charge in [0.25, 0.3) is 5.97 Å². The number of carbonyl (C=O) groups is 1. The van der Waals surface area contributed by atoms with Gasteiger partial charge in [-0.3, -0.25) is 19.8 Å². The van der Waals surface area contributed by atoms with Crippen LogP contribution >= 0.6 is 0 Å². The van der Waals surface area contributed by atoms with Gasteiger partial charge in [-0.05, 0) is 56.5 Å². The fourth-order valence-electron chi connectivity index (χ4n) is 6.02. The van der Waals surface area contributed by atoms with E-state index in [-0.39, 0.29) is 17.5 Å². The van der Waals surface area contributed by atoms with Crippen LogP contribution < -0.4 is 10.5 Å². The molecule has 2 aromatic carbocycles. The molecule has 1 aliphatic heterocycles. The molecule has 0 radical (unpaired) electrons. The first-order valence-corrected chi connectivity index (χ1v) is 14.5. The van der Waals surface area contributed by atoms with Gasteiger partial charge < -0.3 is 25.0 Å². The molecular formula is C31H37N7O5. The molecule has 12 nitrogen and oxygen atoms in total. The SMILES string of the molecule is CC(=O)O.CN1CCN([C@H]2CC[C@H](n3cc(-c4ccc(Oc5ccccc5)c([N+](=O)[O-])c4)c4c(N)ncnc43)CC2)CC1. The number of nitro benzene ring substituents is 1. The van der Waals surface area contributed by atoms with Crippen LogP contribution in [0.2, 0.25) is 0 Å². The number of para-hydroxylation sites is 1. The van der Waals surface area contributed by atoms with Crippen LogP contribution in [0.3, 0.4) is 0 Å². The predicted molar refractivity (Wildman–Crippen MR) is 164 cm³/mol. The lowest BCUT2D eigenvalue weighted by molar-refractivity contribution is -0.385. The van der Waals surface area contributed by atoms with Gasteiger partial charge in [-0.1, -0.05) is 24.3 Å². The molecule has 1 aliphatic carbocycles. The highest BCUT2D eigenvalue weighted by Gasteiger charge is 2.30. The second-order valence-corrected chi connectivity index (χ2v) is 11.1. The first-order chi connectivity index (χ1) is 20.7. The molecule has 4 aromatic rings. The summed E-state index contributed by atoms with van der Waals surface area (Å²) in [4.78, 5) is 34.5. The molecule has 0 spiro atoms. The van der Waals surface area contributed by atoms with Crippen LogP contribution in [0.15, 0.2) is 61.1 Å². The number of likely N-dealkylation sites (N-methyl/N-ethyl adjacent to an activating group) is 1. The van der Waals surface area contributed by atoms with Gasteiger partial charge in [-0.25, -0.2) is 9.97 Å². The van der Waals surface area contributed by atoms with Crippen LogP contribution in [-0.2, 0) is 4.79 Å². The lowest BCUT2D eigenvalue weighted by Crippen LogP contribution is -2.49. The van der Waals surface area contributed by atoms with Crippen molar-refractivity contribution in [2.45, 2.75) is 44.7 Å². The van der Waals surface area contributed by atoms with E-state index >= 15 is 0 Å². The van der Waals surface area contributed by atoms with Crippen molar-refractivity contribution in [3.63, 3.8) is 0 Å². The highest BCUT2D eigenvalue weighted by molar-refractivity contribution is 6.01. The molecule has 0 unspecified atom stereocenters. The Labute approximate surface area is 249 Å². The lowest BCUT2D eigenvalue weighted by atomic mass is 9.89. The summed E-state index contributed by atoms with van der Waals surface area (Å²) < 4.78 is 8.05. The number of piperazine rings is 1. The summed E-state index contributed by atoms with van der Waals surface area (Å²) in [7, 11) is 2.19. The number of nitro groups is 1. The topological polar surface area (TPSA) is 153 Å². The number of hydrogen-bond donors (Lipinski definition) is 2. The molecule has 226 valence electrons. The molecule has 1 saturated heterocycles. The summed E-state index contributed by atoms with van der Waals surface area (Å²) in [6.07, 6.45) is 7.92. The Morgan fingerprint density at radius 2 is 1.67 bits per heavy atom. The van der Waals surface area contributed by atoms with Crippen molar-refractivity contribution < 1.29 is 19.6 Å². The number of nitrogen functional groups attached to an aromatic ring is 1. The van der Waals surface area contributed by atoms with Gasteiger partial charge in [0.1, 0.15) is 23.5 Å². The monoisotopic (exact) mass is 587 g/mol. The van der Waals surface area contributed by atoms with Gasteiger partial charge in [0.15, 0.2) is 0 Å². The lowest BCUT2D eigenvalue weighted by Gasteiger charge is -2.41. The molecule has 2 fully saturated rings. The number of rotatable bonds is 6. The summed E-state index contributed by atoms with van der Waals surface area (Å²) in [5.74, 6) is 0.257. The number of benzene rings is 2. The Kier molecular flexibility index (Phi) is 9.17. The fraction of sp³-hybridized carbons (Fsp3) is 0.387. The summed E-state index contributed by atoms with van der Waals surface area (Å²) in [6, 6.07) is 15.0. The smallest absolute Gasteiger partial charge is 0.312 e. The van der Waals surface area contributed by atoms with Crippen molar-refractivity contribution in [2.75, 3.05) is 39.0 Å². The Morgan fingerprint density at radius 1 is 1.02 bits per heavy atom. The maximum Gasteiger partial charge on any atom is 0.312 e. The Bertz CT molecular complexity index is 1570. The third kappa shape index (κ3) is 6.92. The summed E-state index contributed by atoms with van der Waals surface area (Å²) in [5, 5.41) is 20.2. The van der Waals surface area contributed by atoms with Gasteiger partial charge in [0.05, 0.1) is 10.3 Å². The van der Waals surface area contributed by atoms with Crippen molar-refractivity contribution >= 4 is 28.5 Å². The maximum absolute atomic E-state index is 12.0. The average Bonchev–Trinajstić information content (AvgIpc) is 3.39. The molecule has 3 heterocycles. The molecule has 2 aromatic heterocycles. The van der Waals surface area contributed by atoms with Crippen molar-refractivity contribution in [3.8, 4) is 22.6 Å². The summed E-state index contributed by atoms with van der Waals surface area (Å²) >= 11 is 0. The molecule has 2 aliphatic rings. The average molecular weight is 588 g/mol. The van der Waals surface area contributed by atoms with Crippen LogP contribution in [0.25, 0.3) is 22.2 Å².